The minimum atomic E-state index is -0.0570. The molecule has 1 fully saturated rings. The lowest BCUT2D eigenvalue weighted by Gasteiger charge is -2.35. The number of carbonyl (C=O) groups is 1. The highest BCUT2D eigenvalue weighted by Crippen LogP contribution is 2.21. The van der Waals surface area contributed by atoms with Crippen LogP contribution in [0.15, 0.2) is 16.3 Å². The van der Waals surface area contributed by atoms with Crippen molar-refractivity contribution in [2.45, 2.75) is 19.9 Å². The lowest BCUT2D eigenvalue weighted by atomic mass is 10.2. The molecule has 1 unspecified atom stereocenters. The molecule has 1 saturated heterocycles. The molecule has 6 nitrogen and oxygen atoms in total. The minimum absolute atomic E-state index is 0.0181. The maximum atomic E-state index is 12.3. The van der Waals surface area contributed by atoms with Crippen molar-refractivity contribution >= 4 is 33.8 Å². The molecule has 22 heavy (non-hydrogen) atoms. The van der Waals surface area contributed by atoms with E-state index in [-0.39, 0.29) is 12.1 Å². The fourth-order valence-corrected chi connectivity index (χ4v) is 3.88. The third kappa shape index (κ3) is 3.38. The molecule has 8 heteroatoms. The van der Waals surface area contributed by atoms with Gasteiger partial charge >= 0.3 is 6.03 Å². The summed E-state index contributed by atoms with van der Waals surface area (Å²) in [6.45, 7) is 7.05. The summed E-state index contributed by atoms with van der Waals surface area (Å²) in [6, 6.07) is -0.0751. The van der Waals surface area contributed by atoms with Gasteiger partial charge in [0.1, 0.15) is 0 Å². The number of rotatable bonds is 3. The number of urea groups is 1. The number of amides is 2. The molecule has 1 atom stereocenters. The van der Waals surface area contributed by atoms with Crippen LogP contribution in [-0.2, 0) is 0 Å². The number of carbonyl (C=O) groups excluding carboxylic acids is 1. The lowest BCUT2D eigenvalue weighted by molar-refractivity contribution is 0.191. The average molecular weight is 337 g/mol. The van der Waals surface area contributed by atoms with E-state index in [1.165, 1.54) is 0 Å². The highest BCUT2D eigenvalue weighted by atomic mass is 32.1. The van der Waals surface area contributed by atoms with Crippen molar-refractivity contribution in [1.29, 1.82) is 0 Å². The Hall–Kier alpha value is -1.67. The topological polar surface area (TPSA) is 61.4 Å². The summed E-state index contributed by atoms with van der Waals surface area (Å²) < 4.78 is 0. The Morgan fingerprint density at radius 2 is 2.09 bits per heavy atom. The number of nitrogens with one attached hydrogen (secondary N) is 1. The molecule has 0 aromatic carbocycles. The van der Waals surface area contributed by atoms with Crippen molar-refractivity contribution in [2.24, 2.45) is 0 Å². The summed E-state index contributed by atoms with van der Waals surface area (Å²) in [5.41, 5.74) is 3.75. The second-order valence-corrected chi connectivity index (χ2v) is 6.89. The summed E-state index contributed by atoms with van der Waals surface area (Å²) in [7, 11) is 0. The molecular weight excluding hydrogens is 318 g/mol. The summed E-state index contributed by atoms with van der Waals surface area (Å²) in [5.74, 6) is 0. The second-order valence-electron chi connectivity index (χ2n) is 5.33. The molecule has 0 spiro atoms. The van der Waals surface area contributed by atoms with Gasteiger partial charge in [0.2, 0.25) is 0 Å². The van der Waals surface area contributed by atoms with Gasteiger partial charge in [-0.1, -0.05) is 0 Å². The number of piperazine rings is 1. The highest BCUT2D eigenvalue weighted by Gasteiger charge is 2.23. The monoisotopic (exact) mass is 337 g/mol. The van der Waals surface area contributed by atoms with Crippen LogP contribution in [0.2, 0.25) is 0 Å². The number of hydrogen-bond donors (Lipinski definition) is 1. The van der Waals surface area contributed by atoms with Gasteiger partial charge in [-0.05, 0) is 13.8 Å². The summed E-state index contributed by atoms with van der Waals surface area (Å²) in [6.07, 6.45) is 0. The van der Waals surface area contributed by atoms with E-state index in [4.69, 9.17) is 0 Å². The average Bonchev–Trinajstić information content (AvgIpc) is 3.18. The fraction of sp³-hybridized carbons (Fsp3) is 0.500. The van der Waals surface area contributed by atoms with Crippen LogP contribution in [0.4, 0.5) is 9.93 Å². The molecule has 2 amide bonds. The van der Waals surface area contributed by atoms with Gasteiger partial charge in [0.15, 0.2) is 5.13 Å². The first-order chi connectivity index (χ1) is 10.6. The van der Waals surface area contributed by atoms with E-state index in [2.05, 4.69) is 25.6 Å². The molecule has 0 bridgehead atoms. The zero-order chi connectivity index (χ0) is 15.5. The molecule has 3 heterocycles. The normalized spacial score (nSPS) is 16.6. The van der Waals surface area contributed by atoms with E-state index in [0.29, 0.717) is 13.1 Å². The van der Waals surface area contributed by atoms with Gasteiger partial charge in [0.05, 0.1) is 22.9 Å². The maximum Gasteiger partial charge on any atom is 0.318 e. The van der Waals surface area contributed by atoms with Crippen LogP contribution in [0, 0.1) is 6.92 Å². The highest BCUT2D eigenvalue weighted by molar-refractivity contribution is 7.13. The second kappa shape index (κ2) is 6.62. The standard InChI is InChI=1S/C14H19N5OS2/c1-10-7-22-14(16-10)19-5-3-18(4-6-19)13(20)17-11(2)12-8-21-9-15-12/h7-9,11H,3-6H2,1-2H3,(H,17,20). The van der Waals surface area contributed by atoms with Crippen molar-refractivity contribution < 1.29 is 4.79 Å². The number of thiazole rings is 2. The minimum Gasteiger partial charge on any atom is -0.345 e. The molecule has 0 radical (unpaired) electrons. The molecule has 118 valence electrons. The van der Waals surface area contributed by atoms with Crippen molar-refractivity contribution in [3.05, 3.63) is 27.7 Å². The third-order valence-electron chi connectivity index (χ3n) is 3.68. The SMILES string of the molecule is Cc1csc(N2CCN(C(=O)NC(C)c3cscn3)CC2)n1. The molecule has 1 aliphatic heterocycles. The fourth-order valence-electron chi connectivity index (χ4n) is 2.37. The van der Waals surface area contributed by atoms with Gasteiger partial charge in [-0.2, -0.15) is 0 Å². The Morgan fingerprint density at radius 3 is 2.68 bits per heavy atom. The van der Waals surface area contributed by atoms with Crippen molar-refractivity contribution in [3.63, 3.8) is 0 Å². The molecule has 0 saturated carbocycles. The van der Waals surface area contributed by atoms with Gasteiger partial charge in [-0.15, -0.1) is 22.7 Å². The molecule has 2 aromatic heterocycles. The number of hydrogen-bond acceptors (Lipinski definition) is 6. The quantitative estimate of drug-likeness (QED) is 0.935. The summed E-state index contributed by atoms with van der Waals surface area (Å²) >= 11 is 3.21. The molecule has 1 N–H and O–H groups in total. The summed E-state index contributed by atoms with van der Waals surface area (Å²) in [5, 5.41) is 8.09. The Bertz CT molecular complexity index is 619. The number of anilines is 1. The molecular formula is C14H19N5OS2. The number of nitrogens with zero attached hydrogens (tertiary/aromatic N) is 4. The molecule has 1 aliphatic rings. The van der Waals surface area contributed by atoms with Gasteiger partial charge in [-0.3, -0.25) is 0 Å². The van der Waals surface area contributed by atoms with Crippen LogP contribution in [0.25, 0.3) is 0 Å². The van der Waals surface area contributed by atoms with Crippen LogP contribution in [0.5, 0.6) is 0 Å². The van der Waals surface area contributed by atoms with E-state index in [0.717, 1.165) is 29.6 Å². The van der Waals surface area contributed by atoms with E-state index in [9.17, 15) is 4.79 Å². The first kappa shape index (κ1) is 15.2. The van der Waals surface area contributed by atoms with Crippen LogP contribution >= 0.6 is 22.7 Å². The summed E-state index contributed by atoms with van der Waals surface area (Å²) in [4.78, 5) is 25.2. The van der Waals surface area contributed by atoms with Crippen molar-refractivity contribution in [2.75, 3.05) is 31.1 Å². The van der Waals surface area contributed by atoms with Gasteiger partial charge < -0.3 is 15.1 Å². The predicted molar refractivity (Wildman–Crippen MR) is 89.7 cm³/mol. The zero-order valence-corrected chi connectivity index (χ0v) is 14.3. The number of aryl methyl sites for hydroxylation is 1. The van der Waals surface area contributed by atoms with Crippen molar-refractivity contribution in [3.8, 4) is 0 Å². The first-order valence-electron chi connectivity index (χ1n) is 7.24. The lowest BCUT2D eigenvalue weighted by Crippen LogP contribution is -2.52. The molecule has 2 aromatic rings. The van der Waals surface area contributed by atoms with Gasteiger partial charge in [-0.25, -0.2) is 14.8 Å². The van der Waals surface area contributed by atoms with E-state index in [1.54, 1.807) is 28.2 Å². The Kier molecular flexibility index (Phi) is 4.58. The maximum absolute atomic E-state index is 12.3. The van der Waals surface area contributed by atoms with Gasteiger partial charge in [0.25, 0.3) is 0 Å². The number of aromatic nitrogens is 2. The van der Waals surface area contributed by atoms with Crippen LogP contribution in [-0.4, -0.2) is 47.1 Å². The van der Waals surface area contributed by atoms with Crippen LogP contribution in [0.1, 0.15) is 24.4 Å². The Balaban J connectivity index is 1.51. The Labute approximate surface area is 137 Å². The van der Waals surface area contributed by atoms with E-state index in [1.807, 2.05) is 24.1 Å². The zero-order valence-electron chi connectivity index (χ0n) is 12.7. The van der Waals surface area contributed by atoms with Gasteiger partial charge in [0, 0.05) is 36.9 Å². The predicted octanol–water partition coefficient (Wildman–Crippen LogP) is 2.50. The molecule has 0 aliphatic carbocycles. The largest absolute Gasteiger partial charge is 0.345 e. The molecule has 3 rings (SSSR count). The van der Waals surface area contributed by atoms with Crippen LogP contribution in [0.3, 0.4) is 0 Å². The Morgan fingerprint density at radius 1 is 1.32 bits per heavy atom. The smallest absolute Gasteiger partial charge is 0.318 e. The van der Waals surface area contributed by atoms with E-state index < -0.39 is 0 Å². The van der Waals surface area contributed by atoms with Crippen LogP contribution < -0.4 is 10.2 Å². The van der Waals surface area contributed by atoms with E-state index >= 15 is 0 Å². The first-order valence-corrected chi connectivity index (χ1v) is 9.06. The van der Waals surface area contributed by atoms with Crippen molar-refractivity contribution in [1.82, 2.24) is 20.2 Å². The third-order valence-corrected chi connectivity index (χ3v) is 5.30.